The van der Waals surface area contributed by atoms with E-state index in [1.54, 1.807) is 0 Å². The van der Waals surface area contributed by atoms with Crippen molar-refractivity contribution in [3.05, 3.63) is 40.5 Å². The zero-order chi connectivity index (χ0) is 17.0. The Labute approximate surface area is 121 Å². The maximum Gasteiger partial charge on any atom is 0.341 e. The van der Waals surface area contributed by atoms with Gasteiger partial charge in [0, 0.05) is 6.21 Å². The zero-order valence-corrected chi connectivity index (χ0v) is 11.1. The number of benzene rings is 1. The first-order chi connectivity index (χ1) is 10.2. The lowest BCUT2D eigenvalue weighted by Crippen LogP contribution is -2.11. The third-order valence-electron chi connectivity index (χ3n) is 2.57. The van der Waals surface area contributed by atoms with Gasteiger partial charge in [-0.15, -0.1) is 0 Å². The average Bonchev–Trinajstić information content (AvgIpc) is 2.48. The quantitative estimate of drug-likeness (QED) is 0.193. The highest BCUT2D eigenvalue weighted by Crippen LogP contribution is 2.25. The molecule has 1 rings (SSSR count). The molecule has 0 aliphatic rings. The highest BCUT2D eigenvalue weighted by molar-refractivity contribution is 6.14. The van der Waals surface area contributed by atoms with E-state index in [2.05, 4.69) is 4.99 Å². The van der Waals surface area contributed by atoms with Gasteiger partial charge in [0.05, 0.1) is 18.2 Å². The number of halogens is 4. The average molecular weight is 321 g/mol. The number of carboxylic acid groups (broad SMARTS) is 1. The van der Waals surface area contributed by atoms with Crippen LogP contribution in [0.15, 0.2) is 16.6 Å². The maximum absolute atomic E-state index is 13.5. The Balaban J connectivity index is 3.49. The molecule has 0 spiro atoms. The van der Waals surface area contributed by atoms with Crippen LogP contribution < -0.4 is 0 Å². The van der Waals surface area contributed by atoms with E-state index < -0.39 is 58.8 Å². The van der Waals surface area contributed by atoms with E-state index in [9.17, 15) is 27.5 Å². The number of aliphatic hydroxyl groups excluding tert-OH is 2. The van der Waals surface area contributed by atoms with Crippen molar-refractivity contribution in [1.29, 1.82) is 0 Å². The molecule has 0 radical (unpaired) electrons. The minimum atomic E-state index is -2.19. The molecule has 0 heterocycles. The number of hydrogen-bond acceptors (Lipinski definition) is 4. The van der Waals surface area contributed by atoms with Gasteiger partial charge in [0.15, 0.2) is 23.3 Å². The molecule has 22 heavy (non-hydrogen) atoms. The number of rotatable bonds is 5. The lowest BCUT2D eigenvalue weighted by atomic mass is 10.1. The predicted molar refractivity (Wildman–Crippen MR) is 68.5 cm³/mol. The van der Waals surface area contributed by atoms with Gasteiger partial charge in [-0.05, 0) is 13.0 Å². The summed E-state index contributed by atoms with van der Waals surface area (Å²) in [5.74, 6) is -11.1. The van der Waals surface area contributed by atoms with E-state index in [1.165, 1.54) is 6.92 Å². The van der Waals surface area contributed by atoms with Crippen molar-refractivity contribution in [2.75, 3.05) is 6.61 Å². The monoisotopic (exact) mass is 321 g/mol. The molecular weight excluding hydrogens is 310 g/mol. The Hall–Kier alpha value is -2.42. The highest BCUT2D eigenvalue weighted by Gasteiger charge is 2.24. The fourth-order valence-electron chi connectivity index (χ4n) is 1.36. The fraction of sp³-hybridized carbons (Fsp3) is 0.231. The van der Waals surface area contributed by atoms with Gasteiger partial charge in [-0.3, -0.25) is 4.99 Å². The molecule has 1 aromatic carbocycles. The summed E-state index contributed by atoms with van der Waals surface area (Å²) >= 11 is 0. The van der Waals surface area contributed by atoms with Crippen LogP contribution in [0.5, 0.6) is 0 Å². The summed E-state index contributed by atoms with van der Waals surface area (Å²) in [6.07, 6.45) is 0.594. The van der Waals surface area contributed by atoms with Gasteiger partial charge in [-0.2, -0.15) is 0 Å². The second kappa shape index (κ2) is 7.03. The van der Waals surface area contributed by atoms with Gasteiger partial charge in [-0.1, -0.05) is 0 Å². The van der Waals surface area contributed by atoms with Crippen LogP contribution in [0, 0.1) is 23.3 Å². The van der Waals surface area contributed by atoms with E-state index in [0.29, 0.717) is 6.21 Å². The number of carboxylic acids is 1. The van der Waals surface area contributed by atoms with Gasteiger partial charge >= 0.3 is 5.97 Å². The largest absolute Gasteiger partial charge is 0.506 e. The third-order valence-corrected chi connectivity index (χ3v) is 2.57. The lowest BCUT2D eigenvalue weighted by molar-refractivity contribution is -0.132. The Bertz CT molecular complexity index is 658. The van der Waals surface area contributed by atoms with Crippen molar-refractivity contribution in [2.24, 2.45) is 4.99 Å². The number of aliphatic hydroxyl groups is 2. The normalized spacial score (nSPS) is 14.1. The van der Waals surface area contributed by atoms with E-state index in [1.807, 2.05) is 0 Å². The van der Waals surface area contributed by atoms with Crippen molar-refractivity contribution in [1.82, 2.24) is 0 Å². The Morgan fingerprint density at radius 3 is 2.32 bits per heavy atom. The number of carbonyl (C=O) groups is 1. The van der Waals surface area contributed by atoms with E-state index >= 15 is 0 Å². The summed E-state index contributed by atoms with van der Waals surface area (Å²) in [5.41, 5.74) is -2.15. The van der Waals surface area contributed by atoms with E-state index in [-0.39, 0.29) is 6.07 Å². The predicted octanol–water partition coefficient (Wildman–Crippen LogP) is 2.05. The van der Waals surface area contributed by atoms with Crippen molar-refractivity contribution < 1.29 is 37.7 Å². The van der Waals surface area contributed by atoms with Crippen molar-refractivity contribution in [3.63, 3.8) is 0 Å². The SMILES string of the molecule is C[C@H](CO)N=CC(C(=O)O)=C(O)c1cc(F)c(F)c(F)c1F. The molecule has 0 saturated carbocycles. The van der Waals surface area contributed by atoms with Gasteiger partial charge in [0.2, 0.25) is 0 Å². The first kappa shape index (κ1) is 17.6. The first-order valence-electron chi connectivity index (χ1n) is 5.84. The Morgan fingerprint density at radius 2 is 1.82 bits per heavy atom. The smallest absolute Gasteiger partial charge is 0.341 e. The Morgan fingerprint density at radius 1 is 1.23 bits per heavy atom. The molecule has 3 N–H and O–H groups in total. The molecule has 0 bridgehead atoms. The summed E-state index contributed by atoms with van der Waals surface area (Å²) in [4.78, 5) is 14.6. The summed E-state index contributed by atoms with van der Waals surface area (Å²) in [7, 11) is 0. The van der Waals surface area contributed by atoms with E-state index in [0.717, 1.165) is 0 Å². The Kier molecular flexibility index (Phi) is 5.63. The highest BCUT2D eigenvalue weighted by atomic mass is 19.2. The lowest BCUT2D eigenvalue weighted by Gasteiger charge is -2.07. The number of aliphatic carboxylic acids is 1. The van der Waals surface area contributed by atoms with Crippen molar-refractivity contribution in [2.45, 2.75) is 13.0 Å². The minimum absolute atomic E-state index is 0.120. The molecule has 5 nitrogen and oxygen atoms in total. The summed E-state index contributed by atoms with van der Waals surface area (Å²) in [5, 5.41) is 27.4. The minimum Gasteiger partial charge on any atom is -0.506 e. The van der Waals surface area contributed by atoms with Crippen LogP contribution in [-0.2, 0) is 4.79 Å². The number of hydrogen-bond donors (Lipinski definition) is 3. The molecule has 0 fully saturated rings. The second-order valence-corrected chi connectivity index (χ2v) is 4.23. The molecule has 1 aromatic rings. The first-order valence-corrected chi connectivity index (χ1v) is 5.84. The molecule has 120 valence electrons. The molecule has 9 heteroatoms. The van der Waals surface area contributed by atoms with Crippen LogP contribution in [0.4, 0.5) is 17.6 Å². The molecule has 0 saturated heterocycles. The van der Waals surface area contributed by atoms with Gasteiger partial charge in [-0.25, -0.2) is 22.4 Å². The summed E-state index contributed by atoms with van der Waals surface area (Å²) in [6, 6.07) is -0.608. The maximum atomic E-state index is 13.5. The molecule has 0 aliphatic heterocycles. The second-order valence-electron chi connectivity index (χ2n) is 4.23. The summed E-state index contributed by atoms with van der Waals surface area (Å²) in [6.45, 7) is 0.975. The van der Waals surface area contributed by atoms with Crippen LogP contribution >= 0.6 is 0 Å². The molecule has 1 atom stereocenters. The van der Waals surface area contributed by atoms with Gasteiger partial charge in [0.1, 0.15) is 11.3 Å². The standard InChI is InChI=1S/C13H11F4NO4/c1-5(4-19)18-3-7(13(21)22)12(20)6-2-8(14)10(16)11(17)9(6)15/h2-3,5,19-20H,4H2,1H3,(H,21,22)/t5-/m1/s1. The fourth-order valence-corrected chi connectivity index (χ4v) is 1.36. The third kappa shape index (κ3) is 3.61. The number of aliphatic imine (C=N–C) groups is 1. The van der Waals surface area contributed by atoms with Crippen molar-refractivity contribution in [3.8, 4) is 0 Å². The topological polar surface area (TPSA) is 90.1 Å². The van der Waals surface area contributed by atoms with Gasteiger partial charge in [0.25, 0.3) is 0 Å². The number of nitrogens with zero attached hydrogens (tertiary/aromatic N) is 1. The molecular formula is C13H11F4NO4. The molecule has 0 aliphatic carbocycles. The molecule has 0 aromatic heterocycles. The van der Waals surface area contributed by atoms with Gasteiger partial charge < -0.3 is 15.3 Å². The van der Waals surface area contributed by atoms with Crippen LogP contribution in [0.2, 0.25) is 0 Å². The van der Waals surface area contributed by atoms with Crippen LogP contribution in [0.1, 0.15) is 12.5 Å². The van der Waals surface area contributed by atoms with E-state index in [4.69, 9.17) is 10.2 Å². The van der Waals surface area contributed by atoms with Crippen molar-refractivity contribution >= 4 is 17.9 Å². The van der Waals surface area contributed by atoms with Crippen LogP contribution in [0.25, 0.3) is 5.76 Å². The zero-order valence-electron chi connectivity index (χ0n) is 11.1. The molecule has 0 unspecified atom stereocenters. The molecule has 0 amide bonds. The van der Waals surface area contributed by atoms with Crippen LogP contribution in [0.3, 0.4) is 0 Å². The summed E-state index contributed by atoms with van der Waals surface area (Å²) < 4.78 is 52.6. The van der Waals surface area contributed by atoms with Crippen LogP contribution in [-0.4, -0.2) is 40.2 Å².